The molecule has 0 aliphatic carbocycles. The molecule has 0 aromatic heterocycles. The smallest absolute Gasteiger partial charge is 0.243 e. The minimum Gasteiger partial charge on any atom is -0.352 e. The quantitative estimate of drug-likeness (QED) is 0.316. The number of nitrogens with zero attached hydrogens (tertiary/aromatic N) is 1. The van der Waals surface area contributed by atoms with E-state index in [-0.39, 0.29) is 17.9 Å². The highest BCUT2D eigenvalue weighted by molar-refractivity contribution is 9.10. The largest absolute Gasteiger partial charge is 0.352 e. The Bertz CT molecular complexity index is 1100. The van der Waals surface area contributed by atoms with E-state index >= 15 is 0 Å². The number of amides is 2. The van der Waals surface area contributed by atoms with Crippen molar-refractivity contribution in [3.8, 4) is 0 Å². The SMILES string of the molecule is CC[C@H](C)NC(=O)[C@@H](Cc1ccccc1)N(Cc1cccc(Br)c1)C(=O)CCc1ccc(C)cc1. The van der Waals surface area contributed by atoms with Gasteiger partial charge in [0.15, 0.2) is 0 Å². The van der Waals surface area contributed by atoms with Crippen LogP contribution in [0, 0.1) is 6.92 Å². The highest BCUT2D eigenvalue weighted by atomic mass is 79.9. The summed E-state index contributed by atoms with van der Waals surface area (Å²) in [6.45, 7) is 6.47. The van der Waals surface area contributed by atoms with E-state index < -0.39 is 6.04 Å². The number of benzene rings is 3. The Labute approximate surface area is 217 Å². The summed E-state index contributed by atoms with van der Waals surface area (Å²) in [5.41, 5.74) is 4.33. The predicted octanol–water partition coefficient (Wildman–Crippen LogP) is 6.24. The van der Waals surface area contributed by atoms with Gasteiger partial charge in [-0.15, -0.1) is 0 Å². The van der Waals surface area contributed by atoms with Crippen LogP contribution in [0.3, 0.4) is 0 Å². The molecular weight excluding hydrogens is 500 g/mol. The molecule has 1 N–H and O–H groups in total. The predicted molar refractivity (Wildman–Crippen MR) is 146 cm³/mol. The molecule has 4 nitrogen and oxygen atoms in total. The summed E-state index contributed by atoms with van der Waals surface area (Å²) in [5.74, 6) is -0.132. The molecule has 3 aromatic carbocycles. The molecule has 2 amide bonds. The van der Waals surface area contributed by atoms with Crippen LogP contribution >= 0.6 is 15.9 Å². The van der Waals surface area contributed by atoms with Crippen molar-refractivity contribution in [3.05, 3.63) is 106 Å². The van der Waals surface area contributed by atoms with E-state index in [1.165, 1.54) is 5.56 Å². The van der Waals surface area contributed by atoms with Gasteiger partial charge in [0.25, 0.3) is 0 Å². The van der Waals surface area contributed by atoms with E-state index in [0.29, 0.717) is 25.8 Å². The van der Waals surface area contributed by atoms with Crippen LogP contribution in [-0.4, -0.2) is 28.8 Å². The van der Waals surface area contributed by atoms with Gasteiger partial charge in [0.2, 0.25) is 11.8 Å². The third-order valence-electron chi connectivity index (χ3n) is 6.26. The molecule has 184 valence electrons. The maximum Gasteiger partial charge on any atom is 0.243 e. The highest BCUT2D eigenvalue weighted by Crippen LogP contribution is 2.19. The van der Waals surface area contributed by atoms with Gasteiger partial charge < -0.3 is 10.2 Å². The molecule has 3 rings (SSSR count). The number of hydrogen-bond acceptors (Lipinski definition) is 2. The first-order valence-corrected chi connectivity index (χ1v) is 13.1. The molecule has 0 radical (unpaired) electrons. The number of hydrogen-bond donors (Lipinski definition) is 1. The Hall–Kier alpha value is -2.92. The molecular formula is C30H35BrN2O2. The lowest BCUT2D eigenvalue weighted by Crippen LogP contribution is -2.52. The molecule has 0 aliphatic rings. The van der Waals surface area contributed by atoms with Crippen LogP contribution in [0.1, 0.15) is 48.9 Å². The first-order valence-electron chi connectivity index (χ1n) is 12.3. The van der Waals surface area contributed by atoms with Crippen LogP contribution in [0.5, 0.6) is 0 Å². The van der Waals surface area contributed by atoms with Gasteiger partial charge in [0.1, 0.15) is 6.04 Å². The van der Waals surface area contributed by atoms with E-state index in [1.54, 1.807) is 4.90 Å². The first kappa shape index (κ1) is 26.7. The summed E-state index contributed by atoms with van der Waals surface area (Å²) in [5, 5.41) is 3.12. The molecule has 3 aromatic rings. The van der Waals surface area contributed by atoms with Crippen molar-refractivity contribution in [2.45, 2.75) is 65.1 Å². The second kappa shape index (κ2) is 13.2. The van der Waals surface area contributed by atoms with Gasteiger partial charge >= 0.3 is 0 Å². The summed E-state index contributed by atoms with van der Waals surface area (Å²) in [6.07, 6.45) is 2.28. The van der Waals surface area contributed by atoms with Crippen molar-refractivity contribution in [3.63, 3.8) is 0 Å². The van der Waals surface area contributed by atoms with E-state index in [0.717, 1.165) is 27.6 Å². The Morgan fingerprint density at radius 1 is 0.914 bits per heavy atom. The van der Waals surface area contributed by atoms with Crippen molar-refractivity contribution >= 4 is 27.7 Å². The third-order valence-corrected chi connectivity index (χ3v) is 6.76. The van der Waals surface area contributed by atoms with Crippen LogP contribution in [0.2, 0.25) is 0 Å². The average Bonchev–Trinajstić information content (AvgIpc) is 2.86. The molecule has 5 heteroatoms. The lowest BCUT2D eigenvalue weighted by Gasteiger charge is -2.32. The van der Waals surface area contributed by atoms with Crippen LogP contribution in [0.4, 0.5) is 0 Å². The molecule has 0 saturated carbocycles. The van der Waals surface area contributed by atoms with Gasteiger partial charge in [-0.1, -0.05) is 95.1 Å². The summed E-state index contributed by atoms with van der Waals surface area (Å²) in [7, 11) is 0. The summed E-state index contributed by atoms with van der Waals surface area (Å²) in [6, 6.07) is 25.6. The average molecular weight is 536 g/mol. The number of carbonyl (C=O) groups is 2. The van der Waals surface area contributed by atoms with Gasteiger partial charge in [-0.05, 0) is 55.5 Å². The van der Waals surface area contributed by atoms with E-state index in [2.05, 4.69) is 52.4 Å². The normalized spacial score (nSPS) is 12.6. The number of rotatable bonds is 11. The lowest BCUT2D eigenvalue weighted by molar-refractivity contribution is -0.141. The molecule has 0 unspecified atom stereocenters. The van der Waals surface area contributed by atoms with Gasteiger partial charge in [0.05, 0.1) is 0 Å². The number of carbonyl (C=O) groups excluding carboxylic acids is 2. The zero-order chi connectivity index (χ0) is 25.2. The van der Waals surface area contributed by atoms with E-state index in [1.807, 2.05) is 68.4 Å². The second-order valence-electron chi connectivity index (χ2n) is 9.16. The molecule has 0 heterocycles. The molecule has 0 bridgehead atoms. The minimum absolute atomic E-state index is 0.0224. The Morgan fingerprint density at radius 2 is 1.60 bits per heavy atom. The standard InChI is InChI=1S/C30H35BrN2O2/c1-4-23(3)32-30(35)28(20-25-9-6-5-7-10-25)33(21-26-11-8-12-27(31)19-26)29(34)18-17-24-15-13-22(2)14-16-24/h5-16,19,23,28H,4,17-18,20-21H2,1-3H3,(H,32,35)/t23-,28+/m0/s1. The Morgan fingerprint density at radius 3 is 2.26 bits per heavy atom. The maximum absolute atomic E-state index is 13.7. The van der Waals surface area contributed by atoms with Crippen molar-refractivity contribution in [2.75, 3.05) is 0 Å². The van der Waals surface area contributed by atoms with Crippen molar-refractivity contribution in [2.24, 2.45) is 0 Å². The van der Waals surface area contributed by atoms with Crippen LogP contribution in [-0.2, 0) is 29.0 Å². The van der Waals surface area contributed by atoms with Gasteiger partial charge in [-0.3, -0.25) is 9.59 Å². The highest BCUT2D eigenvalue weighted by Gasteiger charge is 2.30. The van der Waals surface area contributed by atoms with Crippen molar-refractivity contribution < 1.29 is 9.59 Å². The zero-order valence-corrected chi connectivity index (χ0v) is 22.4. The van der Waals surface area contributed by atoms with Crippen molar-refractivity contribution in [1.29, 1.82) is 0 Å². The minimum atomic E-state index is -0.601. The molecule has 2 atom stereocenters. The summed E-state index contributed by atoms with van der Waals surface area (Å²) in [4.78, 5) is 29.0. The fourth-order valence-corrected chi connectivity index (χ4v) is 4.42. The van der Waals surface area contributed by atoms with Gasteiger partial charge in [0, 0.05) is 29.9 Å². The number of halogens is 1. The van der Waals surface area contributed by atoms with Crippen molar-refractivity contribution in [1.82, 2.24) is 10.2 Å². The molecule has 0 saturated heterocycles. The fourth-order valence-electron chi connectivity index (χ4n) is 3.98. The molecule has 0 fully saturated rings. The Balaban J connectivity index is 1.90. The second-order valence-corrected chi connectivity index (χ2v) is 10.1. The third kappa shape index (κ3) is 8.36. The summed E-state index contributed by atoms with van der Waals surface area (Å²) < 4.78 is 0.950. The van der Waals surface area contributed by atoms with E-state index in [9.17, 15) is 9.59 Å². The number of nitrogens with one attached hydrogen (secondary N) is 1. The monoisotopic (exact) mass is 534 g/mol. The maximum atomic E-state index is 13.7. The zero-order valence-electron chi connectivity index (χ0n) is 20.8. The summed E-state index contributed by atoms with van der Waals surface area (Å²) >= 11 is 3.54. The topological polar surface area (TPSA) is 49.4 Å². The van der Waals surface area contributed by atoms with Crippen LogP contribution < -0.4 is 5.32 Å². The van der Waals surface area contributed by atoms with Crippen LogP contribution in [0.15, 0.2) is 83.3 Å². The van der Waals surface area contributed by atoms with Crippen LogP contribution in [0.25, 0.3) is 0 Å². The number of aryl methyl sites for hydroxylation is 2. The molecule has 35 heavy (non-hydrogen) atoms. The molecule has 0 aliphatic heterocycles. The van der Waals surface area contributed by atoms with Gasteiger partial charge in [-0.25, -0.2) is 0 Å². The van der Waals surface area contributed by atoms with E-state index in [4.69, 9.17) is 0 Å². The Kier molecular flexibility index (Phi) is 10.1. The lowest BCUT2D eigenvalue weighted by atomic mass is 10.0. The first-order chi connectivity index (χ1) is 16.9. The molecule has 0 spiro atoms. The fraction of sp³-hybridized carbons (Fsp3) is 0.333. The van der Waals surface area contributed by atoms with Gasteiger partial charge in [-0.2, -0.15) is 0 Å².